The third-order valence-corrected chi connectivity index (χ3v) is 5.58. The molecule has 0 spiro atoms. The molecule has 2 aromatic rings. The van der Waals surface area contributed by atoms with Crippen LogP contribution in [0.15, 0.2) is 24.3 Å². The van der Waals surface area contributed by atoms with Gasteiger partial charge in [0.25, 0.3) is 5.91 Å². The molecule has 1 aromatic carbocycles. The van der Waals surface area contributed by atoms with E-state index in [1.807, 2.05) is 19.1 Å². The van der Waals surface area contributed by atoms with Crippen LogP contribution >= 0.6 is 11.6 Å². The number of aromatic nitrogens is 1. The van der Waals surface area contributed by atoms with Crippen molar-refractivity contribution in [3.8, 4) is 0 Å². The van der Waals surface area contributed by atoms with Crippen molar-refractivity contribution >= 4 is 34.4 Å². The second-order valence-electron chi connectivity index (χ2n) is 7.00. The molecule has 6 heteroatoms. The third kappa shape index (κ3) is 2.86. The van der Waals surface area contributed by atoms with Gasteiger partial charge < -0.3 is 10.0 Å². The van der Waals surface area contributed by atoms with Crippen molar-refractivity contribution in [2.45, 2.75) is 38.1 Å². The lowest BCUT2D eigenvalue weighted by Gasteiger charge is -2.24. The van der Waals surface area contributed by atoms with Crippen LogP contribution in [0.4, 0.5) is 0 Å². The molecule has 2 aliphatic rings. The van der Waals surface area contributed by atoms with Gasteiger partial charge >= 0.3 is 5.97 Å². The Balaban J connectivity index is 1.78. The van der Waals surface area contributed by atoms with E-state index in [2.05, 4.69) is 4.98 Å². The Morgan fingerprint density at radius 1 is 1.24 bits per heavy atom. The number of halogens is 1. The minimum Gasteiger partial charge on any atom is -0.481 e. The van der Waals surface area contributed by atoms with Crippen molar-refractivity contribution in [1.29, 1.82) is 0 Å². The molecule has 2 heterocycles. The quantitative estimate of drug-likeness (QED) is 0.908. The van der Waals surface area contributed by atoms with Crippen LogP contribution < -0.4 is 0 Å². The Morgan fingerprint density at radius 3 is 2.64 bits per heavy atom. The van der Waals surface area contributed by atoms with E-state index in [4.69, 9.17) is 11.6 Å². The lowest BCUT2D eigenvalue weighted by molar-refractivity contribution is -0.142. The summed E-state index contributed by atoms with van der Waals surface area (Å²) in [5.41, 5.74) is 2.28. The van der Waals surface area contributed by atoms with Crippen LogP contribution in [-0.4, -0.2) is 39.5 Å². The van der Waals surface area contributed by atoms with Crippen LogP contribution in [0.5, 0.6) is 0 Å². The molecule has 0 radical (unpaired) electrons. The summed E-state index contributed by atoms with van der Waals surface area (Å²) in [5, 5.41) is 10.6. The summed E-state index contributed by atoms with van der Waals surface area (Å²) in [7, 11) is 0. The highest BCUT2D eigenvalue weighted by Gasteiger charge is 2.39. The number of likely N-dealkylation sites (tertiary alicyclic amines) is 1. The molecule has 1 amide bonds. The molecule has 4 rings (SSSR count). The monoisotopic (exact) mass is 358 g/mol. The van der Waals surface area contributed by atoms with E-state index < -0.39 is 11.9 Å². The van der Waals surface area contributed by atoms with Crippen molar-refractivity contribution < 1.29 is 14.7 Å². The van der Waals surface area contributed by atoms with E-state index in [-0.39, 0.29) is 11.9 Å². The summed E-state index contributed by atoms with van der Waals surface area (Å²) >= 11 is 6.13. The number of nitrogens with zero attached hydrogens (tertiary/aromatic N) is 2. The number of amides is 1. The van der Waals surface area contributed by atoms with E-state index in [1.165, 1.54) is 0 Å². The fraction of sp³-hybridized carbons (Fsp3) is 0.421. The van der Waals surface area contributed by atoms with Gasteiger partial charge in [0.2, 0.25) is 0 Å². The van der Waals surface area contributed by atoms with Crippen LogP contribution in [0.1, 0.15) is 48.2 Å². The number of benzene rings is 1. The predicted molar refractivity (Wildman–Crippen MR) is 95.0 cm³/mol. The summed E-state index contributed by atoms with van der Waals surface area (Å²) in [6.07, 6.45) is 2.68. The van der Waals surface area contributed by atoms with Gasteiger partial charge in [-0.05, 0) is 50.5 Å². The Hall–Kier alpha value is -2.14. The van der Waals surface area contributed by atoms with Crippen molar-refractivity contribution in [3.63, 3.8) is 0 Å². The van der Waals surface area contributed by atoms with Crippen LogP contribution in [0.2, 0.25) is 5.02 Å². The number of hydrogen-bond donors (Lipinski definition) is 1. The van der Waals surface area contributed by atoms with Gasteiger partial charge in [-0.3, -0.25) is 14.6 Å². The summed E-state index contributed by atoms with van der Waals surface area (Å²) in [4.78, 5) is 30.9. The maximum absolute atomic E-state index is 13.2. The van der Waals surface area contributed by atoms with Crippen LogP contribution in [-0.2, 0) is 4.79 Å². The van der Waals surface area contributed by atoms with Crippen molar-refractivity contribution in [3.05, 3.63) is 40.5 Å². The number of rotatable bonds is 3. The highest BCUT2D eigenvalue weighted by atomic mass is 35.5. The number of pyridine rings is 1. The van der Waals surface area contributed by atoms with E-state index in [0.717, 1.165) is 29.4 Å². The zero-order valence-electron chi connectivity index (χ0n) is 13.9. The molecule has 1 aliphatic carbocycles. The van der Waals surface area contributed by atoms with Gasteiger partial charge in [0.05, 0.1) is 17.0 Å². The molecule has 130 valence electrons. The van der Waals surface area contributed by atoms with Crippen LogP contribution in [0, 0.1) is 5.92 Å². The number of carboxylic acids is 1. The summed E-state index contributed by atoms with van der Waals surface area (Å²) < 4.78 is 0. The summed E-state index contributed by atoms with van der Waals surface area (Å²) in [6.45, 7) is 2.27. The number of carbonyl (C=O) groups is 2. The fourth-order valence-electron chi connectivity index (χ4n) is 3.69. The Bertz CT molecular complexity index is 878. The van der Waals surface area contributed by atoms with Gasteiger partial charge in [-0.1, -0.05) is 11.6 Å². The zero-order valence-corrected chi connectivity index (χ0v) is 14.7. The average molecular weight is 359 g/mol. The zero-order chi connectivity index (χ0) is 17.7. The summed E-state index contributed by atoms with van der Waals surface area (Å²) in [6, 6.07) is 6.94. The molecule has 1 N–H and O–H groups in total. The molecular formula is C19H19ClN2O3. The first-order valence-corrected chi connectivity index (χ1v) is 8.97. The minimum atomic E-state index is -0.843. The molecule has 1 saturated carbocycles. The van der Waals surface area contributed by atoms with E-state index in [0.29, 0.717) is 29.5 Å². The molecule has 2 unspecified atom stereocenters. The number of hydrogen-bond acceptors (Lipinski definition) is 3. The maximum atomic E-state index is 13.2. The lowest BCUT2D eigenvalue weighted by atomic mass is 10.0. The van der Waals surface area contributed by atoms with Gasteiger partial charge in [-0.2, -0.15) is 0 Å². The third-order valence-electron chi connectivity index (χ3n) is 5.35. The lowest BCUT2D eigenvalue weighted by Crippen LogP contribution is -2.37. The number of carbonyl (C=O) groups excluding carboxylic acids is 1. The van der Waals surface area contributed by atoms with E-state index >= 15 is 0 Å². The molecule has 1 aromatic heterocycles. The average Bonchev–Trinajstić information content (AvgIpc) is 3.35. The molecule has 5 nitrogen and oxygen atoms in total. The minimum absolute atomic E-state index is 0.132. The van der Waals surface area contributed by atoms with E-state index in [1.54, 1.807) is 17.0 Å². The van der Waals surface area contributed by atoms with Crippen LogP contribution in [0.25, 0.3) is 10.9 Å². The van der Waals surface area contributed by atoms with Gasteiger partial charge in [0.1, 0.15) is 0 Å². The van der Waals surface area contributed by atoms with Gasteiger partial charge in [0, 0.05) is 34.6 Å². The largest absolute Gasteiger partial charge is 0.481 e. The fourth-order valence-corrected chi connectivity index (χ4v) is 3.87. The molecule has 2 atom stereocenters. The predicted octanol–water partition coefficient (Wildman–Crippen LogP) is 3.70. The molecule has 0 bridgehead atoms. The molecular weight excluding hydrogens is 340 g/mol. The maximum Gasteiger partial charge on any atom is 0.308 e. The SMILES string of the molecule is CC1C(C(=O)O)CCN1C(=O)c1cc(C2CC2)nc2ccc(Cl)cc12. The first-order valence-electron chi connectivity index (χ1n) is 8.59. The second-order valence-corrected chi connectivity index (χ2v) is 7.44. The molecule has 25 heavy (non-hydrogen) atoms. The van der Waals surface area contributed by atoms with Gasteiger partial charge in [-0.25, -0.2) is 0 Å². The standard InChI is InChI=1S/C19H19ClN2O3/c1-10-13(19(24)25)6-7-22(10)18(23)15-9-17(11-2-3-11)21-16-5-4-12(20)8-14(15)16/h4-5,8-11,13H,2-3,6-7H2,1H3,(H,24,25). The Labute approximate surface area is 150 Å². The second kappa shape index (κ2) is 5.99. The summed E-state index contributed by atoms with van der Waals surface area (Å²) in [5.74, 6) is -1.06. The first-order chi connectivity index (χ1) is 12.0. The smallest absolute Gasteiger partial charge is 0.308 e. The number of carboxylic acid groups (broad SMARTS) is 1. The number of aliphatic carboxylic acids is 1. The van der Waals surface area contributed by atoms with Crippen molar-refractivity contribution in [2.75, 3.05) is 6.54 Å². The van der Waals surface area contributed by atoms with Crippen molar-refractivity contribution in [2.24, 2.45) is 5.92 Å². The topological polar surface area (TPSA) is 70.5 Å². The van der Waals surface area contributed by atoms with Gasteiger partial charge in [-0.15, -0.1) is 0 Å². The molecule has 1 aliphatic heterocycles. The normalized spacial score (nSPS) is 23.2. The van der Waals surface area contributed by atoms with Gasteiger partial charge in [0.15, 0.2) is 0 Å². The molecule has 1 saturated heterocycles. The first kappa shape index (κ1) is 16.3. The highest BCUT2D eigenvalue weighted by molar-refractivity contribution is 6.31. The molecule has 2 fully saturated rings. The van der Waals surface area contributed by atoms with Crippen molar-refractivity contribution in [1.82, 2.24) is 9.88 Å². The Kier molecular flexibility index (Phi) is 3.91. The Morgan fingerprint density at radius 2 is 2.00 bits per heavy atom. The highest BCUT2D eigenvalue weighted by Crippen LogP contribution is 2.41. The van der Waals surface area contributed by atoms with E-state index in [9.17, 15) is 14.7 Å². The number of fused-ring (bicyclic) bond motifs is 1. The van der Waals surface area contributed by atoms with Crippen LogP contribution in [0.3, 0.4) is 0 Å².